The van der Waals surface area contributed by atoms with Crippen molar-refractivity contribution >= 4 is 17.8 Å². The average Bonchev–Trinajstić information content (AvgIpc) is 2.88. The van der Waals surface area contributed by atoms with Crippen molar-refractivity contribution in [3.63, 3.8) is 0 Å². The largest absolute Gasteiger partial charge is 0.235 e. The van der Waals surface area contributed by atoms with Crippen LogP contribution in [0.2, 0.25) is 0 Å². The number of aliphatic imine (C=N–C) groups is 1. The van der Waals surface area contributed by atoms with Gasteiger partial charge in [-0.05, 0) is 43.1 Å². The van der Waals surface area contributed by atoms with Gasteiger partial charge >= 0.3 is 0 Å². The summed E-state index contributed by atoms with van der Waals surface area (Å²) >= 11 is 2.01. The highest BCUT2D eigenvalue weighted by atomic mass is 32.2. The van der Waals surface area contributed by atoms with Crippen LogP contribution in [0.3, 0.4) is 0 Å². The molecular weight excluding hydrogens is 170 g/mol. The lowest BCUT2D eigenvalue weighted by atomic mass is 9.94. The van der Waals surface area contributed by atoms with Gasteiger partial charge < -0.3 is 0 Å². The van der Waals surface area contributed by atoms with E-state index >= 15 is 0 Å². The van der Waals surface area contributed by atoms with Gasteiger partial charge in [-0.15, -0.1) is 0 Å². The Hall–Kier alpha value is -0.270. The number of carbonyl (C=O) groups excluding carboxylic acids is 1. The Labute approximate surface area is 76.8 Å². The van der Waals surface area contributed by atoms with E-state index in [0.717, 1.165) is 12.8 Å². The zero-order valence-electron chi connectivity index (χ0n) is 7.08. The summed E-state index contributed by atoms with van der Waals surface area (Å²) in [6, 6.07) is 0. The molecule has 0 spiro atoms. The minimum absolute atomic E-state index is 0.0508. The molecule has 0 N–H and O–H groups in total. The third kappa shape index (κ3) is 1.44. The molecule has 1 atom stereocenters. The minimum atomic E-state index is 0.0508. The van der Waals surface area contributed by atoms with Crippen molar-refractivity contribution in [3.05, 3.63) is 0 Å². The van der Waals surface area contributed by atoms with Crippen molar-refractivity contribution in [1.29, 1.82) is 0 Å². The van der Waals surface area contributed by atoms with E-state index in [0.29, 0.717) is 5.92 Å². The lowest BCUT2D eigenvalue weighted by Crippen LogP contribution is -2.25. The maximum absolute atomic E-state index is 10.2. The second-order valence-electron chi connectivity index (χ2n) is 3.72. The topological polar surface area (TPSA) is 29.4 Å². The normalized spacial score (nSPS) is 32.2. The van der Waals surface area contributed by atoms with Gasteiger partial charge in [0.25, 0.3) is 0 Å². The molecule has 1 saturated heterocycles. The van der Waals surface area contributed by atoms with Gasteiger partial charge in [0, 0.05) is 0 Å². The third-order valence-corrected chi connectivity index (χ3v) is 4.17. The average molecular weight is 183 g/mol. The van der Waals surface area contributed by atoms with Crippen LogP contribution < -0.4 is 0 Å². The van der Waals surface area contributed by atoms with Crippen LogP contribution in [0.15, 0.2) is 4.99 Å². The molecule has 1 unspecified atom stereocenters. The fourth-order valence-electron chi connectivity index (χ4n) is 1.99. The van der Waals surface area contributed by atoms with Crippen LogP contribution in [0.25, 0.3) is 0 Å². The SMILES string of the molecule is O=C=NC1(C2CCCSC2)CC1. The Morgan fingerprint density at radius 2 is 2.33 bits per heavy atom. The van der Waals surface area contributed by atoms with Crippen molar-refractivity contribution in [3.8, 4) is 0 Å². The maximum atomic E-state index is 10.2. The van der Waals surface area contributed by atoms with Crippen LogP contribution in [0, 0.1) is 5.92 Å². The van der Waals surface area contributed by atoms with E-state index in [2.05, 4.69) is 4.99 Å². The van der Waals surface area contributed by atoms with Crippen molar-refractivity contribution < 1.29 is 4.79 Å². The fourth-order valence-corrected chi connectivity index (χ4v) is 3.29. The molecule has 0 aromatic carbocycles. The molecule has 0 amide bonds. The quantitative estimate of drug-likeness (QED) is 0.484. The smallest absolute Gasteiger partial charge is 0.211 e. The van der Waals surface area contributed by atoms with Gasteiger partial charge in [0.15, 0.2) is 0 Å². The van der Waals surface area contributed by atoms with Crippen LogP contribution in [0.5, 0.6) is 0 Å². The van der Waals surface area contributed by atoms with E-state index in [4.69, 9.17) is 0 Å². The first kappa shape index (κ1) is 8.33. The molecule has 1 aliphatic heterocycles. The summed E-state index contributed by atoms with van der Waals surface area (Å²) in [5, 5.41) is 0. The molecule has 12 heavy (non-hydrogen) atoms. The Morgan fingerprint density at radius 3 is 2.83 bits per heavy atom. The summed E-state index contributed by atoms with van der Waals surface area (Å²) in [7, 11) is 0. The van der Waals surface area contributed by atoms with Crippen molar-refractivity contribution in [2.45, 2.75) is 31.2 Å². The van der Waals surface area contributed by atoms with Crippen LogP contribution >= 0.6 is 11.8 Å². The standard InChI is InChI=1S/C9H13NOS/c11-7-10-9(3-4-9)8-2-1-5-12-6-8/h8H,1-6H2. The molecule has 1 saturated carbocycles. The van der Waals surface area contributed by atoms with Crippen LogP contribution in [-0.2, 0) is 4.79 Å². The second-order valence-corrected chi connectivity index (χ2v) is 4.87. The predicted octanol–water partition coefficient (Wildman–Crippen LogP) is 2.00. The summed E-state index contributed by atoms with van der Waals surface area (Å²) in [5.41, 5.74) is 0.0508. The monoisotopic (exact) mass is 183 g/mol. The van der Waals surface area contributed by atoms with Crippen molar-refractivity contribution in [1.82, 2.24) is 0 Å². The number of rotatable bonds is 2. The Kier molecular flexibility index (Phi) is 2.24. The maximum Gasteiger partial charge on any atom is 0.235 e. The zero-order chi connectivity index (χ0) is 8.44. The van der Waals surface area contributed by atoms with Gasteiger partial charge in [0.05, 0.1) is 5.54 Å². The van der Waals surface area contributed by atoms with Gasteiger partial charge in [-0.3, -0.25) is 0 Å². The molecule has 0 aromatic heterocycles. The lowest BCUT2D eigenvalue weighted by molar-refractivity contribution is 0.406. The summed E-state index contributed by atoms with van der Waals surface area (Å²) < 4.78 is 0. The summed E-state index contributed by atoms with van der Waals surface area (Å²) in [5.74, 6) is 3.15. The van der Waals surface area contributed by atoms with Gasteiger partial charge in [-0.25, -0.2) is 4.79 Å². The predicted molar refractivity (Wildman–Crippen MR) is 50.1 cm³/mol. The van der Waals surface area contributed by atoms with E-state index < -0.39 is 0 Å². The Bertz CT molecular complexity index is 213. The van der Waals surface area contributed by atoms with E-state index in [1.165, 1.54) is 24.3 Å². The van der Waals surface area contributed by atoms with Gasteiger partial charge in [0.2, 0.25) is 6.08 Å². The summed E-state index contributed by atoms with van der Waals surface area (Å²) in [6.07, 6.45) is 6.53. The van der Waals surface area contributed by atoms with Crippen LogP contribution in [0.1, 0.15) is 25.7 Å². The highest BCUT2D eigenvalue weighted by Gasteiger charge is 2.49. The molecule has 0 radical (unpaired) electrons. The molecular formula is C9H13NOS. The summed E-state index contributed by atoms with van der Waals surface area (Å²) in [4.78, 5) is 14.2. The molecule has 2 nitrogen and oxygen atoms in total. The highest BCUT2D eigenvalue weighted by molar-refractivity contribution is 7.99. The first-order valence-electron chi connectivity index (χ1n) is 4.54. The van der Waals surface area contributed by atoms with Crippen molar-refractivity contribution in [2.75, 3.05) is 11.5 Å². The number of hydrogen-bond acceptors (Lipinski definition) is 3. The summed E-state index contributed by atoms with van der Waals surface area (Å²) in [6.45, 7) is 0. The zero-order valence-corrected chi connectivity index (χ0v) is 7.90. The van der Waals surface area contributed by atoms with Crippen LogP contribution in [-0.4, -0.2) is 23.1 Å². The number of isocyanates is 1. The molecule has 66 valence electrons. The second kappa shape index (κ2) is 3.23. The third-order valence-electron chi connectivity index (χ3n) is 2.95. The first-order valence-corrected chi connectivity index (χ1v) is 5.70. The minimum Gasteiger partial charge on any atom is -0.211 e. The van der Waals surface area contributed by atoms with E-state index in [9.17, 15) is 4.79 Å². The van der Waals surface area contributed by atoms with E-state index in [1.54, 1.807) is 6.08 Å². The fraction of sp³-hybridized carbons (Fsp3) is 0.889. The molecule has 1 aliphatic carbocycles. The highest BCUT2D eigenvalue weighted by Crippen LogP contribution is 2.50. The Morgan fingerprint density at radius 1 is 1.50 bits per heavy atom. The van der Waals surface area contributed by atoms with Crippen LogP contribution in [0.4, 0.5) is 0 Å². The Balaban J connectivity index is 2.02. The van der Waals surface area contributed by atoms with Gasteiger partial charge in [-0.2, -0.15) is 16.8 Å². The van der Waals surface area contributed by atoms with Crippen molar-refractivity contribution in [2.24, 2.45) is 10.9 Å². The molecule has 0 bridgehead atoms. The molecule has 2 rings (SSSR count). The first-order chi connectivity index (χ1) is 5.87. The van der Waals surface area contributed by atoms with Gasteiger partial charge in [-0.1, -0.05) is 0 Å². The molecule has 3 heteroatoms. The number of nitrogens with zero attached hydrogens (tertiary/aromatic N) is 1. The lowest BCUT2D eigenvalue weighted by Gasteiger charge is -2.25. The molecule has 2 fully saturated rings. The molecule has 2 aliphatic rings. The van der Waals surface area contributed by atoms with E-state index in [-0.39, 0.29) is 5.54 Å². The molecule has 1 heterocycles. The van der Waals surface area contributed by atoms with E-state index in [1.807, 2.05) is 11.8 Å². The molecule has 0 aromatic rings. The number of thioether (sulfide) groups is 1. The number of hydrogen-bond donors (Lipinski definition) is 0. The van der Waals surface area contributed by atoms with Gasteiger partial charge in [0.1, 0.15) is 0 Å².